The van der Waals surface area contributed by atoms with Crippen LogP contribution < -0.4 is 10.1 Å². The SMILES string of the molecule is COc1ccc(-c2cc(C(=O)N[C@H](C)CCCC(C)(C)O)[nH]n2)cc1. The zero-order chi connectivity index (χ0) is 18.4. The Morgan fingerprint density at radius 3 is 2.64 bits per heavy atom. The molecule has 6 heteroatoms. The van der Waals surface area contributed by atoms with Crippen LogP contribution in [0.2, 0.25) is 0 Å². The van der Waals surface area contributed by atoms with Crippen molar-refractivity contribution in [3.8, 4) is 17.0 Å². The van der Waals surface area contributed by atoms with Crippen molar-refractivity contribution in [2.75, 3.05) is 7.11 Å². The van der Waals surface area contributed by atoms with Gasteiger partial charge >= 0.3 is 0 Å². The first kappa shape index (κ1) is 19.0. The summed E-state index contributed by atoms with van der Waals surface area (Å²) in [5.74, 6) is 0.597. The molecule has 1 heterocycles. The van der Waals surface area contributed by atoms with E-state index in [1.54, 1.807) is 27.0 Å². The van der Waals surface area contributed by atoms with Gasteiger partial charge in [-0.05, 0) is 70.4 Å². The van der Waals surface area contributed by atoms with E-state index in [2.05, 4.69) is 15.5 Å². The van der Waals surface area contributed by atoms with Gasteiger partial charge in [-0.25, -0.2) is 0 Å². The number of carbonyl (C=O) groups is 1. The third kappa shape index (κ3) is 5.90. The summed E-state index contributed by atoms with van der Waals surface area (Å²) >= 11 is 0. The number of ether oxygens (including phenoxy) is 1. The van der Waals surface area contributed by atoms with Crippen molar-refractivity contribution < 1.29 is 14.6 Å². The highest BCUT2D eigenvalue weighted by atomic mass is 16.5. The van der Waals surface area contributed by atoms with Crippen molar-refractivity contribution in [3.63, 3.8) is 0 Å². The van der Waals surface area contributed by atoms with Gasteiger partial charge < -0.3 is 15.2 Å². The monoisotopic (exact) mass is 345 g/mol. The first-order chi connectivity index (χ1) is 11.8. The summed E-state index contributed by atoms with van der Waals surface area (Å²) < 4.78 is 5.14. The van der Waals surface area contributed by atoms with E-state index >= 15 is 0 Å². The van der Waals surface area contributed by atoms with Crippen molar-refractivity contribution in [1.29, 1.82) is 0 Å². The maximum atomic E-state index is 12.3. The second kappa shape index (κ2) is 8.16. The van der Waals surface area contributed by atoms with E-state index in [4.69, 9.17) is 4.74 Å². The molecule has 1 aromatic carbocycles. The number of aliphatic hydroxyl groups is 1. The number of H-pyrrole nitrogens is 1. The first-order valence-corrected chi connectivity index (χ1v) is 8.51. The van der Waals surface area contributed by atoms with Gasteiger partial charge in [-0.3, -0.25) is 9.89 Å². The molecule has 0 bridgehead atoms. The standard InChI is InChI=1S/C19H27N3O3/c1-13(6-5-11-19(2,3)24)20-18(23)17-12-16(21-22-17)14-7-9-15(25-4)10-8-14/h7-10,12-13,24H,5-6,11H2,1-4H3,(H,20,23)(H,21,22)/t13-/m1/s1. The molecule has 0 saturated carbocycles. The van der Waals surface area contributed by atoms with Gasteiger partial charge in [0, 0.05) is 11.6 Å². The highest BCUT2D eigenvalue weighted by Gasteiger charge is 2.16. The zero-order valence-electron chi connectivity index (χ0n) is 15.3. The minimum absolute atomic E-state index is 0.0302. The second-order valence-electron chi connectivity index (χ2n) is 6.97. The van der Waals surface area contributed by atoms with E-state index in [-0.39, 0.29) is 11.9 Å². The normalized spacial score (nSPS) is 12.7. The summed E-state index contributed by atoms with van der Waals surface area (Å²) in [6, 6.07) is 9.28. The van der Waals surface area contributed by atoms with Crippen LogP contribution >= 0.6 is 0 Å². The molecule has 0 spiro atoms. The smallest absolute Gasteiger partial charge is 0.269 e. The van der Waals surface area contributed by atoms with Gasteiger partial charge in [0.15, 0.2) is 0 Å². The van der Waals surface area contributed by atoms with Crippen LogP contribution in [0.4, 0.5) is 0 Å². The minimum Gasteiger partial charge on any atom is -0.497 e. The lowest BCUT2D eigenvalue weighted by atomic mass is 10.00. The molecule has 1 aromatic heterocycles. The van der Waals surface area contributed by atoms with Gasteiger partial charge in [0.25, 0.3) is 5.91 Å². The van der Waals surface area contributed by atoms with Gasteiger partial charge in [-0.1, -0.05) is 0 Å². The lowest BCUT2D eigenvalue weighted by Crippen LogP contribution is -2.33. The highest BCUT2D eigenvalue weighted by Crippen LogP contribution is 2.21. The number of hydrogen-bond acceptors (Lipinski definition) is 4. The topological polar surface area (TPSA) is 87.2 Å². The molecular weight excluding hydrogens is 318 g/mol. The van der Waals surface area contributed by atoms with E-state index in [1.165, 1.54) is 0 Å². The summed E-state index contributed by atoms with van der Waals surface area (Å²) in [6.45, 7) is 5.55. The van der Waals surface area contributed by atoms with Crippen LogP contribution in [-0.4, -0.2) is 40.0 Å². The Bertz CT molecular complexity index is 687. The molecule has 2 rings (SSSR count). The lowest BCUT2D eigenvalue weighted by Gasteiger charge is -2.18. The van der Waals surface area contributed by atoms with Gasteiger partial charge in [0.1, 0.15) is 11.4 Å². The Balaban J connectivity index is 1.91. The fourth-order valence-electron chi connectivity index (χ4n) is 2.56. The van der Waals surface area contributed by atoms with Crippen molar-refractivity contribution in [2.24, 2.45) is 0 Å². The highest BCUT2D eigenvalue weighted by molar-refractivity contribution is 5.93. The third-order valence-corrected chi connectivity index (χ3v) is 4.01. The van der Waals surface area contributed by atoms with Crippen molar-refractivity contribution >= 4 is 5.91 Å². The Hall–Kier alpha value is -2.34. The Morgan fingerprint density at radius 1 is 1.36 bits per heavy atom. The number of amides is 1. The van der Waals surface area contributed by atoms with Crippen LogP contribution in [-0.2, 0) is 0 Å². The molecule has 0 aliphatic heterocycles. The first-order valence-electron chi connectivity index (χ1n) is 8.51. The molecule has 0 aliphatic rings. The maximum Gasteiger partial charge on any atom is 0.269 e. The molecule has 2 aromatic rings. The number of methoxy groups -OCH3 is 1. The van der Waals surface area contributed by atoms with E-state index in [0.717, 1.165) is 24.2 Å². The van der Waals surface area contributed by atoms with Gasteiger partial charge in [0.2, 0.25) is 0 Å². The number of aromatic amines is 1. The quantitative estimate of drug-likeness (QED) is 0.686. The predicted octanol–water partition coefficient (Wildman–Crippen LogP) is 3.14. The van der Waals surface area contributed by atoms with Crippen LogP contribution in [0.5, 0.6) is 5.75 Å². The average Bonchev–Trinajstić information content (AvgIpc) is 3.03. The number of hydrogen-bond donors (Lipinski definition) is 3. The van der Waals surface area contributed by atoms with Crippen LogP contribution in [0.25, 0.3) is 11.3 Å². The summed E-state index contributed by atoms with van der Waals surface area (Å²) in [7, 11) is 1.62. The molecule has 6 nitrogen and oxygen atoms in total. The molecule has 1 amide bonds. The Morgan fingerprint density at radius 2 is 2.04 bits per heavy atom. The van der Waals surface area contributed by atoms with Crippen LogP contribution in [0.3, 0.4) is 0 Å². The van der Waals surface area contributed by atoms with E-state index in [1.807, 2.05) is 31.2 Å². The van der Waals surface area contributed by atoms with E-state index in [0.29, 0.717) is 17.8 Å². The summed E-state index contributed by atoms with van der Waals surface area (Å²) in [5.41, 5.74) is 1.39. The second-order valence-corrected chi connectivity index (χ2v) is 6.97. The number of nitrogens with one attached hydrogen (secondary N) is 2. The molecule has 0 radical (unpaired) electrons. The molecule has 1 atom stereocenters. The molecule has 0 unspecified atom stereocenters. The molecular formula is C19H27N3O3. The van der Waals surface area contributed by atoms with Crippen molar-refractivity contribution in [2.45, 2.75) is 51.7 Å². The molecule has 25 heavy (non-hydrogen) atoms. The van der Waals surface area contributed by atoms with Gasteiger partial charge in [-0.15, -0.1) is 0 Å². The largest absolute Gasteiger partial charge is 0.497 e. The maximum absolute atomic E-state index is 12.3. The average molecular weight is 345 g/mol. The Kier molecular flexibility index (Phi) is 6.20. The molecule has 3 N–H and O–H groups in total. The fraction of sp³-hybridized carbons (Fsp3) is 0.474. The van der Waals surface area contributed by atoms with Crippen LogP contribution in [0.1, 0.15) is 50.5 Å². The minimum atomic E-state index is -0.666. The number of aromatic nitrogens is 2. The summed E-state index contributed by atoms with van der Waals surface area (Å²) in [4.78, 5) is 12.3. The number of rotatable bonds is 8. The Labute approximate surface area is 148 Å². The zero-order valence-corrected chi connectivity index (χ0v) is 15.3. The number of nitrogens with zero attached hydrogens (tertiary/aromatic N) is 1. The molecule has 0 fully saturated rings. The molecule has 0 saturated heterocycles. The van der Waals surface area contributed by atoms with Crippen LogP contribution in [0.15, 0.2) is 30.3 Å². The van der Waals surface area contributed by atoms with Crippen molar-refractivity contribution in [3.05, 3.63) is 36.0 Å². The van der Waals surface area contributed by atoms with E-state index in [9.17, 15) is 9.90 Å². The number of carbonyl (C=O) groups excluding carboxylic acids is 1. The third-order valence-electron chi connectivity index (χ3n) is 4.01. The molecule has 136 valence electrons. The predicted molar refractivity (Wildman–Crippen MR) is 97.7 cm³/mol. The van der Waals surface area contributed by atoms with Gasteiger partial charge in [0.05, 0.1) is 18.4 Å². The summed E-state index contributed by atoms with van der Waals surface area (Å²) in [6.07, 6.45) is 2.37. The lowest BCUT2D eigenvalue weighted by molar-refractivity contribution is 0.0674. The van der Waals surface area contributed by atoms with Crippen LogP contribution in [0, 0.1) is 0 Å². The number of benzene rings is 1. The summed E-state index contributed by atoms with van der Waals surface area (Å²) in [5, 5.41) is 19.7. The van der Waals surface area contributed by atoms with E-state index < -0.39 is 5.60 Å². The molecule has 0 aliphatic carbocycles. The fourth-order valence-corrected chi connectivity index (χ4v) is 2.56. The van der Waals surface area contributed by atoms with Gasteiger partial charge in [-0.2, -0.15) is 5.10 Å². The van der Waals surface area contributed by atoms with Crippen molar-refractivity contribution in [1.82, 2.24) is 15.5 Å².